The lowest BCUT2D eigenvalue weighted by atomic mass is 10.2. The van der Waals surface area contributed by atoms with Crippen LogP contribution in [0, 0.1) is 0 Å². The molecule has 4 amide bonds. The normalized spacial score (nSPS) is 15.7. The molecule has 1 saturated heterocycles. The number of amides is 4. The summed E-state index contributed by atoms with van der Waals surface area (Å²) in [6, 6.07) is 3.54. The third kappa shape index (κ3) is 7.41. The summed E-state index contributed by atoms with van der Waals surface area (Å²) in [4.78, 5) is 63.8. The number of aldehydes is 1. The molecule has 0 aliphatic carbocycles. The zero-order valence-electron chi connectivity index (χ0n) is 17.5. The number of rotatable bonds is 10. The van der Waals surface area contributed by atoms with Crippen LogP contribution in [0.25, 0.3) is 0 Å². The molecule has 0 saturated carbocycles. The molecule has 1 aromatic heterocycles. The van der Waals surface area contributed by atoms with Crippen LogP contribution in [0.5, 0.6) is 0 Å². The van der Waals surface area contributed by atoms with Crippen molar-refractivity contribution in [3.63, 3.8) is 0 Å². The van der Waals surface area contributed by atoms with Crippen LogP contribution in [-0.4, -0.2) is 86.7 Å². The molecular weight excluding hydrogens is 442 g/mol. The fraction of sp³-hybridized carbons (Fsp3) is 0.474. The molecule has 0 aromatic carbocycles. The number of nitrogens with one attached hydrogen (secondary N) is 3. The minimum absolute atomic E-state index is 0.0579. The van der Waals surface area contributed by atoms with Gasteiger partial charge in [0.25, 0.3) is 5.91 Å². The van der Waals surface area contributed by atoms with Crippen LogP contribution >= 0.6 is 0 Å². The van der Waals surface area contributed by atoms with E-state index < -0.39 is 33.6 Å². The van der Waals surface area contributed by atoms with E-state index in [1.807, 2.05) is 0 Å². The van der Waals surface area contributed by atoms with E-state index in [0.717, 1.165) is 12.7 Å². The second kappa shape index (κ2) is 11.3. The Morgan fingerprint density at radius 1 is 1.12 bits per heavy atom. The van der Waals surface area contributed by atoms with Crippen LogP contribution < -0.4 is 16.0 Å². The Bertz CT molecular complexity index is 996. The Morgan fingerprint density at radius 3 is 2.53 bits per heavy atom. The van der Waals surface area contributed by atoms with Crippen molar-refractivity contribution in [2.75, 3.05) is 32.4 Å². The second-order valence-electron chi connectivity index (χ2n) is 7.13. The third-order valence-corrected chi connectivity index (χ3v) is 5.62. The number of pyridine rings is 1. The topological polar surface area (TPSA) is 172 Å². The molecule has 1 aliphatic rings. The maximum atomic E-state index is 12.1. The van der Waals surface area contributed by atoms with Gasteiger partial charge in [-0.1, -0.05) is 6.07 Å². The van der Waals surface area contributed by atoms with Crippen LogP contribution in [-0.2, 0) is 29.0 Å². The number of aromatic nitrogens is 1. The maximum Gasteiger partial charge on any atom is 0.269 e. The first-order chi connectivity index (χ1) is 15.1. The summed E-state index contributed by atoms with van der Waals surface area (Å²) in [5.74, 6) is -2.09. The van der Waals surface area contributed by atoms with Gasteiger partial charge in [0.05, 0.1) is 19.1 Å². The fourth-order valence-corrected chi connectivity index (χ4v) is 3.57. The van der Waals surface area contributed by atoms with Crippen molar-refractivity contribution in [2.45, 2.75) is 30.3 Å². The number of hydrogen-bond acceptors (Lipinski definition) is 8. The van der Waals surface area contributed by atoms with Gasteiger partial charge in [0.1, 0.15) is 12.0 Å². The molecule has 0 bridgehead atoms. The molecule has 2 heterocycles. The van der Waals surface area contributed by atoms with Crippen molar-refractivity contribution in [1.82, 2.24) is 25.8 Å². The molecular formula is C19H25N5O7S. The van der Waals surface area contributed by atoms with Gasteiger partial charge in [0.15, 0.2) is 14.9 Å². The lowest BCUT2D eigenvalue weighted by Crippen LogP contribution is -2.45. The Kier molecular flexibility index (Phi) is 8.81. The maximum absolute atomic E-state index is 12.1. The standard InChI is InChI=1S/C19H25N5O7S/c1-32(30,31)17-6-2-5-14(23-17)19(29)20-8-7-15(26)21-10-16(27)22-11-18(28)24-9-3-4-13(24)12-25/h2,5-6,12-13H,3-4,7-11H2,1H3,(H,20,29)(H,21,26)(H,22,27). The van der Waals surface area contributed by atoms with Gasteiger partial charge in [-0.05, 0) is 25.0 Å². The zero-order valence-corrected chi connectivity index (χ0v) is 18.3. The highest BCUT2D eigenvalue weighted by molar-refractivity contribution is 7.90. The molecule has 2 rings (SSSR count). The number of carbonyl (C=O) groups is 5. The van der Waals surface area contributed by atoms with Crippen LogP contribution in [0.4, 0.5) is 0 Å². The molecule has 13 heteroatoms. The molecule has 1 fully saturated rings. The van der Waals surface area contributed by atoms with Gasteiger partial charge in [0, 0.05) is 25.8 Å². The highest BCUT2D eigenvalue weighted by Gasteiger charge is 2.28. The summed E-state index contributed by atoms with van der Waals surface area (Å²) >= 11 is 0. The van der Waals surface area contributed by atoms with Crippen molar-refractivity contribution in [1.29, 1.82) is 0 Å². The summed E-state index contributed by atoms with van der Waals surface area (Å²) in [5, 5.41) is 6.95. The smallest absolute Gasteiger partial charge is 0.269 e. The average Bonchev–Trinajstić information content (AvgIpc) is 3.24. The van der Waals surface area contributed by atoms with Crippen molar-refractivity contribution >= 4 is 39.8 Å². The van der Waals surface area contributed by atoms with Crippen LogP contribution in [0.3, 0.4) is 0 Å². The number of carbonyl (C=O) groups excluding carboxylic acids is 5. The minimum Gasteiger partial charge on any atom is -0.350 e. The monoisotopic (exact) mass is 467 g/mol. The average molecular weight is 468 g/mol. The molecule has 0 spiro atoms. The van der Waals surface area contributed by atoms with E-state index in [-0.39, 0.29) is 42.7 Å². The third-order valence-electron chi connectivity index (χ3n) is 4.63. The molecule has 1 aromatic rings. The molecule has 1 aliphatic heterocycles. The summed E-state index contributed by atoms with van der Waals surface area (Å²) in [6.45, 7) is -0.212. The quantitative estimate of drug-likeness (QED) is 0.332. The highest BCUT2D eigenvalue weighted by atomic mass is 32.2. The molecule has 12 nitrogen and oxygen atoms in total. The van der Waals surface area contributed by atoms with E-state index in [1.165, 1.54) is 23.1 Å². The molecule has 1 unspecified atom stereocenters. The van der Waals surface area contributed by atoms with E-state index in [0.29, 0.717) is 19.3 Å². The number of sulfone groups is 1. The zero-order chi connectivity index (χ0) is 23.7. The minimum atomic E-state index is -3.56. The number of nitrogens with zero attached hydrogens (tertiary/aromatic N) is 2. The summed E-state index contributed by atoms with van der Waals surface area (Å²) in [6.07, 6.45) is 2.90. The van der Waals surface area contributed by atoms with E-state index >= 15 is 0 Å². The lowest BCUT2D eigenvalue weighted by molar-refractivity contribution is -0.135. The Balaban J connectivity index is 1.67. The van der Waals surface area contributed by atoms with E-state index in [4.69, 9.17) is 0 Å². The number of hydrogen-bond donors (Lipinski definition) is 3. The summed E-state index contributed by atoms with van der Waals surface area (Å²) < 4.78 is 23.0. The van der Waals surface area contributed by atoms with E-state index in [1.54, 1.807) is 0 Å². The Labute approximate surface area is 185 Å². The predicted octanol–water partition coefficient (Wildman–Crippen LogP) is -1.97. The molecule has 0 radical (unpaired) electrons. The van der Waals surface area contributed by atoms with Crippen LogP contribution in [0.2, 0.25) is 0 Å². The van der Waals surface area contributed by atoms with E-state index in [9.17, 15) is 32.4 Å². The first-order valence-corrected chi connectivity index (χ1v) is 11.7. The van der Waals surface area contributed by atoms with Gasteiger partial charge < -0.3 is 25.6 Å². The molecule has 1 atom stereocenters. The SMILES string of the molecule is CS(=O)(=O)c1cccc(C(=O)NCCC(=O)NCC(=O)NCC(=O)N2CCCC2C=O)n1. The van der Waals surface area contributed by atoms with Gasteiger partial charge in [0.2, 0.25) is 17.7 Å². The first kappa shape index (κ1) is 24.9. The number of likely N-dealkylation sites (tertiary alicyclic amines) is 1. The molecule has 3 N–H and O–H groups in total. The van der Waals surface area contributed by atoms with E-state index in [2.05, 4.69) is 20.9 Å². The van der Waals surface area contributed by atoms with Crippen molar-refractivity contribution in [2.24, 2.45) is 0 Å². The van der Waals surface area contributed by atoms with Gasteiger partial charge in [-0.3, -0.25) is 19.2 Å². The van der Waals surface area contributed by atoms with Crippen molar-refractivity contribution in [3.8, 4) is 0 Å². The van der Waals surface area contributed by atoms with Gasteiger partial charge in [-0.15, -0.1) is 0 Å². The lowest BCUT2D eigenvalue weighted by Gasteiger charge is -2.20. The van der Waals surface area contributed by atoms with Crippen LogP contribution in [0.1, 0.15) is 29.8 Å². The van der Waals surface area contributed by atoms with Gasteiger partial charge in [-0.2, -0.15) is 0 Å². The van der Waals surface area contributed by atoms with Crippen molar-refractivity contribution < 1.29 is 32.4 Å². The van der Waals surface area contributed by atoms with Crippen molar-refractivity contribution in [3.05, 3.63) is 23.9 Å². The summed E-state index contributed by atoms with van der Waals surface area (Å²) in [5.41, 5.74) is -0.104. The first-order valence-electron chi connectivity index (χ1n) is 9.85. The Morgan fingerprint density at radius 2 is 1.84 bits per heavy atom. The van der Waals surface area contributed by atoms with Crippen LogP contribution in [0.15, 0.2) is 23.2 Å². The second-order valence-corrected chi connectivity index (χ2v) is 9.09. The highest BCUT2D eigenvalue weighted by Crippen LogP contribution is 2.14. The molecule has 32 heavy (non-hydrogen) atoms. The Hall–Kier alpha value is -3.35. The predicted molar refractivity (Wildman–Crippen MR) is 111 cm³/mol. The van der Waals surface area contributed by atoms with Gasteiger partial charge in [-0.25, -0.2) is 13.4 Å². The fourth-order valence-electron chi connectivity index (χ4n) is 2.98. The molecule has 174 valence electrons. The largest absolute Gasteiger partial charge is 0.350 e. The van der Waals surface area contributed by atoms with Gasteiger partial charge >= 0.3 is 0 Å². The summed E-state index contributed by atoms with van der Waals surface area (Å²) in [7, 11) is -3.56.